The van der Waals surface area contributed by atoms with E-state index in [0.29, 0.717) is 25.8 Å². The van der Waals surface area contributed by atoms with Crippen molar-refractivity contribution in [3.8, 4) is 0 Å². The summed E-state index contributed by atoms with van der Waals surface area (Å²) in [5.41, 5.74) is 16.2. The molecule has 9 N–H and O–H groups in total. The summed E-state index contributed by atoms with van der Waals surface area (Å²) in [5.74, 6) is -3.21. The van der Waals surface area contributed by atoms with Crippen LogP contribution in [0.5, 0.6) is 0 Å². The first-order valence-electron chi connectivity index (χ1n) is 8.67. The molecule has 0 saturated carbocycles. The summed E-state index contributed by atoms with van der Waals surface area (Å²) in [6.07, 6.45) is 1.21. The highest BCUT2D eigenvalue weighted by atomic mass is 16.4. The number of primary amides is 1. The van der Waals surface area contributed by atoms with Crippen LogP contribution < -0.4 is 27.8 Å². The normalized spacial score (nSPS) is 14.3. The van der Waals surface area contributed by atoms with Gasteiger partial charge < -0.3 is 32.9 Å². The molecule has 0 aliphatic heterocycles. The van der Waals surface area contributed by atoms with Crippen LogP contribution in [-0.4, -0.2) is 53.5 Å². The lowest BCUT2D eigenvalue weighted by molar-refractivity contribution is -0.142. The summed E-state index contributed by atoms with van der Waals surface area (Å²) < 4.78 is 0. The third-order valence-corrected chi connectivity index (χ3v) is 3.89. The van der Waals surface area contributed by atoms with Crippen molar-refractivity contribution in [2.24, 2.45) is 23.1 Å². The first-order chi connectivity index (χ1) is 12.1. The van der Waals surface area contributed by atoms with Crippen LogP contribution in [0.3, 0.4) is 0 Å². The number of hydrogen-bond donors (Lipinski definition) is 6. The Bertz CT molecular complexity index is 497. The molecule has 3 amide bonds. The van der Waals surface area contributed by atoms with Crippen LogP contribution in [0.1, 0.15) is 46.0 Å². The fraction of sp³-hybridized carbons (Fsp3) is 0.750. The molecule has 0 aliphatic rings. The molecule has 0 radical (unpaired) electrons. The summed E-state index contributed by atoms with van der Waals surface area (Å²) in [4.78, 5) is 46.7. The number of aliphatic carboxylic acids is 1. The lowest BCUT2D eigenvalue weighted by Crippen LogP contribution is -2.55. The van der Waals surface area contributed by atoms with Gasteiger partial charge in [0.05, 0.1) is 6.04 Å². The molecule has 0 saturated heterocycles. The number of carbonyl (C=O) groups excluding carboxylic acids is 3. The van der Waals surface area contributed by atoms with Crippen LogP contribution in [0.15, 0.2) is 0 Å². The van der Waals surface area contributed by atoms with Crippen LogP contribution in [-0.2, 0) is 19.2 Å². The van der Waals surface area contributed by atoms with E-state index < -0.39 is 41.8 Å². The number of carboxylic acids is 1. The van der Waals surface area contributed by atoms with Gasteiger partial charge >= 0.3 is 5.97 Å². The first kappa shape index (κ1) is 23.8. The highest BCUT2D eigenvalue weighted by molar-refractivity contribution is 5.92. The second kappa shape index (κ2) is 12.2. The molecule has 3 unspecified atom stereocenters. The molecular formula is C16H31N5O5. The number of nitrogens with two attached hydrogens (primary N) is 3. The average Bonchev–Trinajstić information content (AvgIpc) is 2.56. The van der Waals surface area contributed by atoms with Crippen molar-refractivity contribution in [3.05, 3.63) is 0 Å². The Hall–Kier alpha value is -2.20. The highest BCUT2D eigenvalue weighted by Crippen LogP contribution is 2.06. The summed E-state index contributed by atoms with van der Waals surface area (Å²) in [6, 6.07) is -3.00. The quantitative estimate of drug-likeness (QED) is 0.210. The first-order valence-corrected chi connectivity index (χ1v) is 8.67. The van der Waals surface area contributed by atoms with Gasteiger partial charge in [-0.2, -0.15) is 0 Å². The largest absolute Gasteiger partial charge is 0.480 e. The monoisotopic (exact) mass is 373 g/mol. The number of unbranched alkanes of at least 4 members (excludes halogenated alkanes) is 1. The maximum absolute atomic E-state index is 12.4. The molecule has 0 aromatic carbocycles. The summed E-state index contributed by atoms with van der Waals surface area (Å²) >= 11 is 0. The zero-order valence-corrected chi connectivity index (χ0v) is 15.4. The third kappa shape index (κ3) is 9.33. The van der Waals surface area contributed by atoms with Crippen molar-refractivity contribution in [3.63, 3.8) is 0 Å². The smallest absolute Gasteiger partial charge is 0.326 e. The topological polar surface area (TPSA) is 191 Å². The van der Waals surface area contributed by atoms with Gasteiger partial charge in [0.25, 0.3) is 0 Å². The zero-order valence-electron chi connectivity index (χ0n) is 15.4. The molecule has 0 aromatic rings. The molecule has 150 valence electrons. The van der Waals surface area contributed by atoms with Gasteiger partial charge in [-0.15, -0.1) is 0 Å². The van der Waals surface area contributed by atoms with E-state index in [0.717, 1.165) is 0 Å². The second-order valence-electron chi connectivity index (χ2n) is 6.52. The summed E-state index contributed by atoms with van der Waals surface area (Å²) in [7, 11) is 0. The predicted molar refractivity (Wildman–Crippen MR) is 95.6 cm³/mol. The minimum Gasteiger partial charge on any atom is -0.480 e. The van der Waals surface area contributed by atoms with Gasteiger partial charge in [-0.05, 0) is 38.1 Å². The molecular weight excluding hydrogens is 342 g/mol. The second-order valence-corrected chi connectivity index (χ2v) is 6.52. The molecule has 26 heavy (non-hydrogen) atoms. The van der Waals surface area contributed by atoms with Crippen LogP contribution in [0.2, 0.25) is 0 Å². The van der Waals surface area contributed by atoms with Crippen molar-refractivity contribution in [2.45, 2.75) is 64.1 Å². The van der Waals surface area contributed by atoms with E-state index in [2.05, 4.69) is 10.6 Å². The van der Waals surface area contributed by atoms with E-state index in [9.17, 15) is 24.3 Å². The van der Waals surface area contributed by atoms with Crippen molar-refractivity contribution in [2.75, 3.05) is 6.54 Å². The highest BCUT2D eigenvalue weighted by Gasteiger charge is 2.28. The van der Waals surface area contributed by atoms with E-state index in [-0.39, 0.29) is 18.8 Å². The van der Waals surface area contributed by atoms with Crippen molar-refractivity contribution < 1.29 is 24.3 Å². The minimum atomic E-state index is -1.29. The van der Waals surface area contributed by atoms with E-state index in [1.54, 1.807) is 13.8 Å². The van der Waals surface area contributed by atoms with Gasteiger partial charge in [0.15, 0.2) is 0 Å². The Morgan fingerprint density at radius 1 is 0.962 bits per heavy atom. The molecule has 0 aromatic heterocycles. The van der Waals surface area contributed by atoms with E-state index in [4.69, 9.17) is 17.2 Å². The van der Waals surface area contributed by atoms with E-state index >= 15 is 0 Å². The maximum Gasteiger partial charge on any atom is 0.326 e. The van der Waals surface area contributed by atoms with Crippen molar-refractivity contribution >= 4 is 23.7 Å². The average molecular weight is 373 g/mol. The van der Waals surface area contributed by atoms with Crippen LogP contribution in [0.25, 0.3) is 0 Å². The van der Waals surface area contributed by atoms with Crippen molar-refractivity contribution in [1.82, 2.24) is 10.6 Å². The van der Waals surface area contributed by atoms with Gasteiger partial charge in [0.2, 0.25) is 17.7 Å². The van der Waals surface area contributed by atoms with Crippen molar-refractivity contribution in [1.29, 1.82) is 0 Å². The Morgan fingerprint density at radius 2 is 1.54 bits per heavy atom. The molecule has 10 nitrogen and oxygen atoms in total. The summed E-state index contributed by atoms with van der Waals surface area (Å²) in [6.45, 7) is 3.99. The molecule has 3 atom stereocenters. The van der Waals surface area contributed by atoms with Gasteiger partial charge in [-0.25, -0.2) is 4.79 Å². The Labute approximate surface area is 153 Å². The standard InChI is InChI=1S/C16H31N5O5/c1-9(2)13(19)15(24)20-10(5-3-4-8-17)14(23)21-11(16(25)26)6-7-12(18)22/h9-11,13H,3-8,17,19H2,1-2H3,(H2,18,22)(H,20,24)(H,21,23)(H,25,26). The van der Waals surface area contributed by atoms with Crippen LogP contribution in [0.4, 0.5) is 0 Å². The van der Waals surface area contributed by atoms with Gasteiger partial charge in [-0.3, -0.25) is 14.4 Å². The van der Waals surface area contributed by atoms with Gasteiger partial charge in [0, 0.05) is 6.42 Å². The molecule has 0 rings (SSSR count). The maximum atomic E-state index is 12.4. The fourth-order valence-corrected chi connectivity index (χ4v) is 2.15. The fourth-order valence-electron chi connectivity index (χ4n) is 2.15. The number of rotatable bonds is 13. The van der Waals surface area contributed by atoms with Crippen LogP contribution >= 0.6 is 0 Å². The minimum absolute atomic E-state index is 0.120. The number of hydrogen-bond acceptors (Lipinski definition) is 6. The number of carbonyl (C=O) groups is 4. The molecule has 10 heteroatoms. The van der Waals surface area contributed by atoms with Gasteiger partial charge in [0.1, 0.15) is 12.1 Å². The van der Waals surface area contributed by atoms with Crippen LogP contribution in [0, 0.1) is 5.92 Å². The zero-order chi connectivity index (χ0) is 20.3. The molecule has 0 spiro atoms. The lowest BCUT2D eigenvalue weighted by atomic mass is 10.0. The molecule has 0 heterocycles. The Kier molecular flexibility index (Phi) is 11.2. The molecule has 0 aliphatic carbocycles. The van der Waals surface area contributed by atoms with Gasteiger partial charge in [-0.1, -0.05) is 13.8 Å². The Balaban J connectivity index is 5.02. The predicted octanol–water partition coefficient (Wildman–Crippen LogP) is -1.58. The van der Waals surface area contributed by atoms with E-state index in [1.807, 2.05) is 0 Å². The lowest BCUT2D eigenvalue weighted by Gasteiger charge is -2.23. The third-order valence-electron chi connectivity index (χ3n) is 3.89. The SMILES string of the molecule is CC(C)C(N)C(=O)NC(CCCCN)C(=O)NC(CCC(N)=O)C(=O)O. The number of carboxylic acid groups (broad SMARTS) is 1. The number of amides is 3. The molecule has 0 fully saturated rings. The van der Waals surface area contributed by atoms with E-state index in [1.165, 1.54) is 0 Å². The Morgan fingerprint density at radius 3 is 2.00 bits per heavy atom. The number of nitrogens with one attached hydrogen (secondary N) is 2. The molecule has 0 bridgehead atoms. The summed E-state index contributed by atoms with van der Waals surface area (Å²) in [5, 5.41) is 14.1.